The van der Waals surface area contributed by atoms with E-state index in [9.17, 15) is 13.2 Å². The summed E-state index contributed by atoms with van der Waals surface area (Å²) in [5.74, 6) is 0.249. The number of hydrogen-bond acceptors (Lipinski definition) is 3. The van der Waals surface area contributed by atoms with Gasteiger partial charge in [0.1, 0.15) is 11.5 Å². The topological polar surface area (TPSA) is 94.6 Å². The Morgan fingerprint density at radius 3 is 2.77 bits per heavy atom. The molecule has 4 rings (SSSR count). The van der Waals surface area contributed by atoms with Crippen molar-refractivity contribution >= 4 is 38.4 Å². The number of rotatable bonds is 4. The minimum atomic E-state index is -3.87. The third kappa shape index (κ3) is 4.80. The molecule has 1 amide bonds. The first kappa shape index (κ1) is 21.1. The lowest BCUT2D eigenvalue weighted by molar-refractivity contribution is 0.102. The highest BCUT2D eigenvalue weighted by molar-refractivity contribution is 7.90. The van der Waals surface area contributed by atoms with Crippen LogP contribution in [0.5, 0.6) is 0 Å². The van der Waals surface area contributed by atoms with Crippen molar-refractivity contribution < 1.29 is 13.2 Å². The SMILES string of the molecule is Cc1ccc2cc(C(=O)Nc3cccc(S(=O)(=O)/N=C4/CCCCCN4C)c3)[nH]c2c1. The van der Waals surface area contributed by atoms with Gasteiger partial charge in [-0.25, -0.2) is 0 Å². The summed E-state index contributed by atoms with van der Waals surface area (Å²) >= 11 is 0. The van der Waals surface area contributed by atoms with Crippen LogP contribution < -0.4 is 5.32 Å². The lowest BCUT2D eigenvalue weighted by Gasteiger charge is -2.17. The quantitative estimate of drug-likeness (QED) is 0.634. The van der Waals surface area contributed by atoms with E-state index in [1.165, 1.54) is 12.1 Å². The molecule has 7 nitrogen and oxygen atoms in total. The van der Waals surface area contributed by atoms with E-state index in [1.54, 1.807) is 18.2 Å². The van der Waals surface area contributed by atoms with Crippen molar-refractivity contribution in [3.05, 3.63) is 59.8 Å². The third-order valence-corrected chi connectivity index (χ3v) is 6.77. The number of aromatic amines is 1. The molecule has 1 fully saturated rings. The van der Waals surface area contributed by atoms with E-state index in [0.29, 0.717) is 23.6 Å². The Bertz CT molecular complexity index is 1260. The number of fused-ring (bicyclic) bond motifs is 1. The van der Waals surface area contributed by atoms with Crippen LogP contribution in [0.25, 0.3) is 10.9 Å². The summed E-state index contributed by atoms with van der Waals surface area (Å²) in [6.45, 7) is 2.79. The Morgan fingerprint density at radius 1 is 1.10 bits per heavy atom. The van der Waals surface area contributed by atoms with E-state index >= 15 is 0 Å². The Balaban J connectivity index is 1.56. The number of aryl methyl sites for hydroxylation is 1. The number of nitrogens with one attached hydrogen (secondary N) is 2. The van der Waals surface area contributed by atoms with E-state index in [0.717, 1.165) is 42.3 Å². The van der Waals surface area contributed by atoms with Crippen LogP contribution in [0.1, 0.15) is 41.7 Å². The molecule has 1 aromatic heterocycles. The molecule has 0 spiro atoms. The molecular weight excluding hydrogens is 412 g/mol. The van der Waals surface area contributed by atoms with Crippen LogP contribution >= 0.6 is 0 Å². The van der Waals surface area contributed by atoms with E-state index in [2.05, 4.69) is 14.7 Å². The molecule has 1 aliphatic rings. The molecule has 1 saturated heterocycles. The van der Waals surface area contributed by atoms with Gasteiger partial charge in [-0.2, -0.15) is 8.42 Å². The number of anilines is 1. The van der Waals surface area contributed by atoms with Crippen molar-refractivity contribution in [1.29, 1.82) is 0 Å². The maximum Gasteiger partial charge on any atom is 0.284 e. The Labute approximate surface area is 182 Å². The Kier molecular flexibility index (Phi) is 5.82. The van der Waals surface area contributed by atoms with Crippen LogP contribution in [0.15, 0.2) is 57.8 Å². The first-order chi connectivity index (χ1) is 14.8. The molecule has 0 saturated carbocycles. The molecule has 162 valence electrons. The number of carbonyl (C=O) groups is 1. The fraction of sp³-hybridized carbons (Fsp3) is 0.304. The van der Waals surface area contributed by atoms with Gasteiger partial charge < -0.3 is 15.2 Å². The van der Waals surface area contributed by atoms with Crippen molar-refractivity contribution in [2.75, 3.05) is 18.9 Å². The number of aromatic nitrogens is 1. The van der Waals surface area contributed by atoms with Crippen molar-refractivity contribution in [3.8, 4) is 0 Å². The molecule has 0 bridgehead atoms. The van der Waals surface area contributed by atoms with Crippen LogP contribution in [-0.2, 0) is 10.0 Å². The zero-order valence-electron chi connectivity index (χ0n) is 17.7. The van der Waals surface area contributed by atoms with Crippen LogP contribution in [-0.4, -0.2) is 43.6 Å². The molecular formula is C23H26N4O3S. The minimum Gasteiger partial charge on any atom is -0.362 e. The number of H-pyrrole nitrogens is 1. The molecule has 1 aliphatic heterocycles. The summed E-state index contributed by atoms with van der Waals surface area (Å²) < 4.78 is 29.9. The van der Waals surface area contributed by atoms with Gasteiger partial charge in [0.05, 0.1) is 4.90 Å². The fourth-order valence-corrected chi connectivity index (χ4v) is 4.87. The number of carbonyl (C=O) groups excluding carboxylic acids is 1. The summed E-state index contributed by atoms with van der Waals surface area (Å²) in [4.78, 5) is 17.8. The van der Waals surface area contributed by atoms with Crippen LogP contribution in [0, 0.1) is 6.92 Å². The van der Waals surface area contributed by atoms with Gasteiger partial charge in [-0.1, -0.05) is 24.6 Å². The number of amides is 1. The lowest BCUT2D eigenvalue weighted by atomic mass is 10.2. The maximum absolute atomic E-state index is 12.9. The molecule has 2 heterocycles. The number of hydrogen-bond donors (Lipinski definition) is 2. The minimum absolute atomic E-state index is 0.0581. The number of benzene rings is 2. The van der Waals surface area contributed by atoms with Gasteiger partial charge in [0.25, 0.3) is 15.9 Å². The zero-order valence-corrected chi connectivity index (χ0v) is 18.5. The molecule has 0 atom stereocenters. The summed E-state index contributed by atoms with van der Waals surface area (Å²) in [5.41, 5.74) is 2.79. The molecule has 31 heavy (non-hydrogen) atoms. The van der Waals surface area contributed by atoms with Crippen LogP contribution in [0.3, 0.4) is 0 Å². The summed E-state index contributed by atoms with van der Waals surface area (Å²) in [5, 5.41) is 3.72. The number of likely N-dealkylation sites (tertiary alicyclic amines) is 1. The van der Waals surface area contributed by atoms with Crippen molar-refractivity contribution in [1.82, 2.24) is 9.88 Å². The molecule has 3 aromatic rings. The highest BCUT2D eigenvalue weighted by Crippen LogP contribution is 2.22. The second-order valence-electron chi connectivity index (χ2n) is 7.97. The summed E-state index contributed by atoms with van der Waals surface area (Å²) in [6.07, 6.45) is 3.67. The molecule has 0 aliphatic carbocycles. The zero-order chi connectivity index (χ0) is 22.0. The average Bonchev–Trinajstić information content (AvgIpc) is 3.06. The Hall–Kier alpha value is -3.13. The second kappa shape index (κ2) is 8.55. The largest absolute Gasteiger partial charge is 0.362 e. The highest BCUT2D eigenvalue weighted by Gasteiger charge is 2.19. The van der Waals surface area contributed by atoms with E-state index < -0.39 is 10.0 Å². The molecule has 2 N–H and O–H groups in total. The number of amidine groups is 1. The summed E-state index contributed by atoms with van der Waals surface area (Å²) in [6, 6.07) is 13.9. The van der Waals surface area contributed by atoms with Gasteiger partial charge in [0.15, 0.2) is 0 Å². The first-order valence-electron chi connectivity index (χ1n) is 10.4. The standard InChI is InChI=1S/C23H26N4O3S/c1-16-10-11-17-14-21(25-20(17)13-16)23(28)24-18-7-6-8-19(15-18)31(29,30)26-22-9-4-3-5-12-27(22)2/h6-8,10-11,13-15,25H,3-5,9,12H2,1-2H3,(H,24,28)/b26-22-. The maximum atomic E-state index is 12.9. The van der Waals surface area contributed by atoms with E-state index in [1.807, 2.05) is 37.1 Å². The fourth-order valence-electron chi connectivity index (χ4n) is 3.73. The van der Waals surface area contributed by atoms with Crippen molar-refractivity contribution in [3.63, 3.8) is 0 Å². The molecule has 8 heteroatoms. The highest BCUT2D eigenvalue weighted by atomic mass is 32.2. The van der Waals surface area contributed by atoms with Crippen LogP contribution in [0.2, 0.25) is 0 Å². The smallest absolute Gasteiger partial charge is 0.284 e. The molecule has 2 aromatic carbocycles. The van der Waals surface area contributed by atoms with Gasteiger partial charge in [0, 0.05) is 36.6 Å². The lowest BCUT2D eigenvalue weighted by Crippen LogP contribution is -2.26. The average molecular weight is 439 g/mol. The Morgan fingerprint density at radius 2 is 1.94 bits per heavy atom. The summed E-state index contributed by atoms with van der Waals surface area (Å²) in [7, 11) is -2.00. The molecule has 0 unspecified atom stereocenters. The number of sulfonamides is 1. The van der Waals surface area contributed by atoms with Gasteiger partial charge in [-0.05, 0) is 55.7 Å². The monoisotopic (exact) mass is 438 g/mol. The predicted octanol–water partition coefficient (Wildman–Crippen LogP) is 4.32. The number of nitrogens with zero attached hydrogens (tertiary/aromatic N) is 2. The van der Waals surface area contributed by atoms with Gasteiger partial charge >= 0.3 is 0 Å². The first-order valence-corrected chi connectivity index (χ1v) is 11.8. The van der Waals surface area contributed by atoms with Gasteiger partial charge in [-0.15, -0.1) is 4.40 Å². The third-order valence-electron chi connectivity index (χ3n) is 5.47. The second-order valence-corrected chi connectivity index (χ2v) is 9.57. The van der Waals surface area contributed by atoms with E-state index in [4.69, 9.17) is 0 Å². The van der Waals surface area contributed by atoms with E-state index in [-0.39, 0.29) is 10.8 Å². The van der Waals surface area contributed by atoms with Crippen LogP contribution in [0.4, 0.5) is 5.69 Å². The van der Waals surface area contributed by atoms with Crippen molar-refractivity contribution in [2.45, 2.75) is 37.5 Å². The van der Waals surface area contributed by atoms with Gasteiger partial charge in [0.2, 0.25) is 0 Å². The predicted molar refractivity (Wildman–Crippen MR) is 123 cm³/mol. The van der Waals surface area contributed by atoms with Crippen molar-refractivity contribution in [2.24, 2.45) is 4.40 Å². The molecule has 0 radical (unpaired) electrons. The van der Waals surface area contributed by atoms with Gasteiger partial charge in [-0.3, -0.25) is 4.79 Å². The normalized spacial score (nSPS) is 16.5.